The number of β-lactam (4-membered cyclic amide) rings is 1. The van der Waals surface area contributed by atoms with E-state index in [1.54, 1.807) is 19.2 Å². The third kappa shape index (κ3) is 16.0. The normalized spacial score (nSPS) is 17.4. The minimum atomic E-state index is -1.67. The summed E-state index contributed by atoms with van der Waals surface area (Å²) in [4.78, 5) is 38.7. The van der Waals surface area contributed by atoms with E-state index < -0.39 is 37.1 Å². The van der Waals surface area contributed by atoms with Crippen molar-refractivity contribution in [3.8, 4) is 5.75 Å². The molecule has 60 heavy (non-hydrogen) atoms. The van der Waals surface area contributed by atoms with Gasteiger partial charge in [-0.25, -0.2) is 4.39 Å². The predicted octanol–water partition coefficient (Wildman–Crippen LogP) is 6.03. The molecule has 1 aliphatic heterocycles. The van der Waals surface area contributed by atoms with Crippen LogP contribution in [0.3, 0.4) is 0 Å². The van der Waals surface area contributed by atoms with E-state index in [0.29, 0.717) is 44.1 Å². The highest BCUT2D eigenvalue weighted by Crippen LogP contribution is 2.46. The first-order chi connectivity index (χ1) is 28.8. The van der Waals surface area contributed by atoms with Crippen molar-refractivity contribution in [2.45, 2.75) is 140 Å². The molecule has 0 spiro atoms. The lowest BCUT2D eigenvalue weighted by Crippen LogP contribution is -2.55. The number of nitrogens with zero attached hydrogens (tertiary/aromatic N) is 1. The number of carbonyl (C=O) groups excluding carboxylic acids is 3. The molecular weight excluding hydrogens is 772 g/mol. The third-order valence-corrected chi connectivity index (χ3v) is 11.0. The maximum atomic E-state index is 13.4. The number of hydrogen-bond acceptors (Lipinski definition) is 10. The van der Waals surface area contributed by atoms with E-state index in [1.165, 1.54) is 37.8 Å². The van der Waals surface area contributed by atoms with Gasteiger partial charge in [-0.1, -0.05) is 88.8 Å². The van der Waals surface area contributed by atoms with Gasteiger partial charge in [0.1, 0.15) is 35.7 Å². The second-order valence-electron chi connectivity index (χ2n) is 15.6. The van der Waals surface area contributed by atoms with Gasteiger partial charge in [-0.3, -0.25) is 14.4 Å². The second kappa shape index (κ2) is 26.9. The van der Waals surface area contributed by atoms with E-state index >= 15 is 0 Å². The van der Waals surface area contributed by atoms with Gasteiger partial charge in [0.25, 0.3) is 0 Å². The van der Waals surface area contributed by atoms with Crippen LogP contribution in [-0.4, -0.2) is 92.9 Å². The van der Waals surface area contributed by atoms with Crippen LogP contribution in [0.25, 0.3) is 0 Å². The summed E-state index contributed by atoms with van der Waals surface area (Å²) < 4.78 is 18.6. The number of amides is 2. The molecule has 2 amide bonds. The molecule has 7 atom stereocenters. The number of aryl methyl sites for hydroxylation is 1. The van der Waals surface area contributed by atoms with Gasteiger partial charge >= 0.3 is 0 Å². The number of halogens is 1. The van der Waals surface area contributed by atoms with E-state index in [9.17, 15) is 44.3 Å². The van der Waals surface area contributed by atoms with Crippen molar-refractivity contribution >= 4 is 23.3 Å². The fourth-order valence-electron chi connectivity index (χ4n) is 7.23. The van der Waals surface area contributed by atoms with Crippen molar-refractivity contribution in [1.82, 2.24) is 5.32 Å². The molecule has 0 radical (unpaired) electrons. The van der Waals surface area contributed by atoms with Gasteiger partial charge in [0, 0.05) is 31.5 Å². The maximum absolute atomic E-state index is 13.4. The molecule has 0 saturated carbocycles. The number of rotatable bonds is 26. The quantitative estimate of drug-likeness (QED) is 0.0370. The first-order valence-corrected chi connectivity index (χ1v) is 21.5. The van der Waals surface area contributed by atoms with E-state index in [0.717, 1.165) is 48.2 Å². The Morgan fingerprint density at radius 3 is 1.98 bits per heavy atom. The van der Waals surface area contributed by atoms with E-state index in [1.807, 2.05) is 60.4 Å². The Labute approximate surface area is 354 Å². The minimum absolute atomic E-state index is 0.0120. The number of carbonyl (C=O) groups is 3. The molecule has 3 aromatic rings. The Hall–Kier alpha value is -4.24. The van der Waals surface area contributed by atoms with E-state index in [-0.39, 0.29) is 41.9 Å². The Kier molecular flexibility index (Phi) is 22.4. The van der Waals surface area contributed by atoms with Crippen LogP contribution < -0.4 is 15.0 Å². The fraction of sp³-hybridized carbons (Fsp3) is 0.553. The summed E-state index contributed by atoms with van der Waals surface area (Å²) in [5, 5.41) is 59.7. The molecule has 0 unspecified atom stereocenters. The first-order valence-electron chi connectivity index (χ1n) is 21.5. The minimum Gasteiger partial charge on any atom is -0.497 e. The molecule has 1 fully saturated rings. The van der Waals surface area contributed by atoms with Crippen LogP contribution in [0, 0.1) is 11.7 Å². The number of aliphatic hydroxyl groups is 6. The van der Waals surface area contributed by atoms with E-state index in [4.69, 9.17) is 9.84 Å². The third-order valence-electron chi connectivity index (χ3n) is 11.0. The van der Waals surface area contributed by atoms with Crippen LogP contribution in [0.4, 0.5) is 10.1 Å². The number of anilines is 1. The molecule has 332 valence electrons. The van der Waals surface area contributed by atoms with Crippen molar-refractivity contribution < 1.29 is 54.2 Å². The van der Waals surface area contributed by atoms with Crippen LogP contribution in [-0.2, 0) is 20.8 Å². The zero-order valence-corrected chi connectivity index (χ0v) is 35.4. The lowest BCUT2D eigenvalue weighted by Gasteiger charge is -2.48. The average molecular weight is 839 g/mol. The summed E-state index contributed by atoms with van der Waals surface area (Å²) in [5.74, 6) is 0.176. The molecule has 1 aliphatic rings. The number of nitrogens with one attached hydrogen (secondary N) is 1. The van der Waals surface area contributed by atoms with Gasteiger partial charge in [-0.2, -0.15) is 0 Å². The standard InChI is InChI=1S/C31H34FNO4.C16H33NO6/c1-3-4-26(34)16-7-21-5-14-25(15-6-21)33-30(23-10-17-27(37-2)18-11-23)28(31(33)36)19-20-29(35)22-8-12-24(32)13-9-22;1-2-3-4-5-6-7-8-9-14(21)17-10-12(19)15(22)16(23)13(20)11-18/h5-6,8-15,17-18,28-30,35H,3-4,7,16,19-20H2,1-2H3;12-13,15-16,18-20,22-23H,2-11H2,1H3,(H,17,21)/t28-,29+,30-;12-,13+,15+,16+/m10/s1. The molecule has 1 saturated heterocycles. The summed E-state index contributed by atoms with van der Waals surface area (Å²) in [5.41, 5.74) is 3.51. The van der Waals surface area contributed by atoms with Gasteiger partial charge in [-0.05, 0) is 85.2 Å². The van der Waals surface area contributed by atoms with Crippen LogP contribution in [0.2, 0.25) is 0 Å². The fourth-order valence-corrected chi connectivity index (χ4v) is 7.23. The van der Waals surface area contributed by atoms with Crippen molar-refractivity contribution in [2.75, 3.05) is 25.2 Å². The zero-order chi connectivity index (χ0) is 44.0. The second-order valence-corrected chi connectivity index (χ2v) is 15.6. The number of methoxy groups -OCH3 is 1. The summed E-state index contributed by atoms with van der Waals surface area (Å²) in [7, 11) is 1.62. The average Bonchev–Trinajstić information content (AvgIpc) is 3.26. The molecule has 0 bridgehead atoms. The Morgan fingerprint density at radius 2 is 1.38 bits per heavy atom. The Balaban J connectivity index is 0.000000362. The molecule has 1 heterocycles. The molecule has 0 aromatic heterocycles. The smallest absolute Gasteiger partial charge is 0.233 e. The summed E-state index contributed by atoms with van der Waals surface area (Å²) >= 11 is 0. The lowest BCUT2D eigenvalue weighted by molar-refractivity contribution is -0.131. The highest BCUT2D eigenvalue weighted by atomic mass is 19.1. The zero-order valence-electron chi connectivity index (χ0n) is 35.4. The molecule has 13 heteroatoms. The number of benzene rings is 3. The predicted molar refractivity (Wildman–Crippen MR) is 229 cm³/mol. The van der Waals surface area contributed by atoms with E-state index in [2.05, 4.69) is 12.2 Å². The topological polar surface area (TPSA) is 197 Å². The largest absolute Gasteiger partial charge is 0.497 e. The molecule has 12 nitrogen and oxygen atoms in total. The summed E-state index contributed by atoms with van der Waals surface area (Å²) in [6.07, 6.45) is 4.68. The van der Waals surface area contributed by atoms with Crippen LogP contribution in [0.15, 0.2) is 72.8 Å². The Bertz CT molecular complexity index is 1690. The van der Waals surface area contributed by atoms with Gasteiger partial charge in [0.2, 0.25) is 11.8 Å². The first kappa shape index (κ1) is 50.1. The van der Waals surface area contributed by atoms with Gasteiger partial charge < -0.3 is 45.6 Å². The molecule has 3 aromatic carbocycles. The summed E-state index contributed by atoms with van der Waals surface area (Å²) in [6.45, 7) is 3.23. The number of hydrogen-bond donors (Lipinski definition) is 7. The number of ketones is 1. The van der Waals surface area contributed by atoms with Crippen molar-refractivity contribution in [2.24, 2.45) is 5.92 Å². The lowest BCUT2D eigenvalue weighted by atomic mass is 9.78. The SMILES string of the molecule is CCCC(=O)CCc1ccc(N2C(=O)[C@H](CC[C@H](O)c3ccc(F)cc3)[C@H]2c2ccc(OC)cc2)cc1.CCCCCCCCCC(=O)NC[C@H](O)[C@@H](O)[C@H](O)[C@H](O)CO. The maximum Gasteiger partial charge on any atom is 0.233 e. The van der Waals surface area contributed by atoms with Crippen molar-refractivity contribution in [3.63, 3.8) is 0 Å². The molecular formula is C47H67FN2O10. The molecule has 0 aliphatic carbocycles. The number of aliphatic hydroxyl groups excluding tert-OH is 6. The van der Waals surface area contributed by atoms with Crippen molar-refractivity contribution in [3.05, 3.63) is 95.3 Å². The van der Waals surface area contributed by atoms with Gasteiger partial charge in [0.05, 0.1) is 37.9 Å². The number of Topliss-reactive ketones (excluding diaryl/α,β-unsaturated/α-hetero) is 1. The molecule has 4 rings (SSSR count). The summed E-state index contributed by atoms with van der Waals surface area (Å²) in [6, 6.07) is 21.2. The molecule has 7 N–H and O–H groups in total. The monoisotopic (exact) mass is 838 g/mol. The van der Waals surface area contributed by atoms with Gasteiger partial charge in [0.15, 0.2) is 0 Å². The van der Waals surface area contributed by atoms with Crippen LogP contribution >= 0.6 is 0 Å². The highest BCUT2D eigenvalue weighted by molar-refractivity contribution is 6.03. The Morgan fingerprint density at radius 1 is 0.767 bits per heavy atom. The van der Waals surface area contributed by atoms with Gasteiger partial charge in [-0.15, -0.1) is 0 Å². The highest BCUT2D eigenvalue weighted by Gasteiger charge is 2.48. The van der Waals surface area contributed by atoms with Crippen molar-refractivity contribution in [1.29, 1.82) is 0 Å². The van der Waals surface area contributed by atoms with Crippen LogP contribution in [0.1, 0.15) is 126 Å². The van der Waals surface area contributed by atoms with Crippen LogP contribution in [0.5, 0.6) is 5.75 Å². The number of ether oxygens (including phenoxy) is 1. The number of unbranched alkanes of at least 4 members (excludes halogenated alkanes) is 6.